The quantitative estimate of drug-likeness (QED) is 0.456. The highest BCUT2D eigenvalue weighted by atomic mass is 19.1. The van der Waals surface area contributed by atoms with Crippen LogP contribution in [0.25, 0.3) is 10.8 Å². The Bertz CT molecular complexity index is 1220. The van der Waals surface area contributed by atoms with Gasteiger partial charge in [-0.1, -0.05) is 54.6 Å². The number of benzene rings is 4. The van der Waals surface area contributed by atoms with Crippen LogP contribution in [0.1, 0.15) is 29.0 Å². The first kappa shape index (κ1) is 18.4. The lowest BCUT2D eigenvalue weighted by molar-refractivity contribution is -0.116. The lowest BCUT2D eigenvalue weighted by Gasteiger charge is -2.27. The van der Waals surface area contributed by atoms with Crippen LogP contribution in [0.15, 0.2) is 84.9 Å². The summed E-state index contributed by atoms with van der Waals surface area (Å²) in [5.74, 6) is 0.499. The van der Waals surface area contributed by atoms with Crippen LogP contribution >= 0.6 is 0 Å². The summed E-state index contributed by atoms with van der Waals surface area (Å²) in [7, 11) is 0. The van der Waals surface area contributed by atoms with E-state index in [1.165, 1.54) is 12.1 Å². The van der Waals surface area contributed by atoms with Gasteiger partial charge in [-0.15, -0.1) is 0 Å². The molecule has 0 fully saturated rings. The summed E-state index contributed by atoms with van der Waals surface area (Å²) in [6, 6.07) is 26.5. The number of ether oxygens (including phenoxy) is 1. The van der Waals surface area contributed by atoms with E-state index >= 15 is 0 Å². The van der Waals surface area contributed by atoms with E-state index in [1.807, 2.05) is 48.5 Å². The molecule has 1 aliphatic heterocycles. The maximum absolute atomic E-state index is 13.0. The van der Waals surface area contributed by atoms with Gasteiger partial charge in [-0.05, 0) is 57.8 Å². The Morgan fingerprint density at radius 2 is 1.67 bits per heavy atom. The first-order valence-corrected chi connectivity index (χ1v) is 9.96. The fourth-order valence-electron chi connectivity index (χ4n) is 4.10. The SMILES string of the molecule is O=C1CC(c2ccc(OCc3ccc(F)cc3)cc2)c2c(ccc3ccccc23)N1. The lowest BCUT2D eigenvalue weighted by atomic mass is 9.82. The molecule has 148 valence electrons. The number of nitrogens with one attached hydrogen (secondary N) is 1. The van der Waals surface area contributed by atoms with Crippen LogP contribution in [0.5, 0.6) is 5.75 Å². The van der Waals surface area contributed by atoms with E-state index in [2.05, 4.69) is 17.4 Å². The standard InChI is InChI=1S/C26H20FNO2/c27-20-10-5-17(6-11-20)16-30-21-12-7-19(8-13-21)23-15-25(29)28-24-14-9-18-3-1-2-4-22(18)26(23)24/h1-14,23H,15-16H2,(H,28,29). The van der Waals surface area contributed by atoms with Crippen LogP contribution in [-0.2, 0) is 11.4 Å². The molecule has 0 bridgehead atoms. The van der Waals surface area contributed by atoms with Gasteiger partial charge in [0.25, 0.3) is 0 Å². The van der Waals surface area contributed by atoms with Gasteiger partial charge in [-0.25, -0.2) is 4.39 Å². The maximum Gasteiger partial charge on any atom is 0.225 e. The summed E-state index contributed by atoms with van der Waals surface area (Å²) in [5.41, 5.74) is 4.03. The first-order valence-electron chi connectivity index (χ1n) is 9.96. The highest BCUT2D eigenvalue weighted by molar-refractivity contribution is 6.01. The Morgan fingerprint density at radius 1 is 0.900 bits per heavy atom. The third-order valence-electron chi connectivity index (χ3n) is 5.58. The van der Waals surface area contributed by atoms with Gasteiger partial charge in [0.05, 0.1) is 0 Å². The molecule has 1 amide bonds. The van der Waals surface area contributed by atoms with E-state index in [-0.39, 0.29) is 17.6 Å². The van der Waals surface area contributed by atoms with Crippen molar-refractivity contribution in [2.75, 3.05) is 5.32 Å². The summed E-state index contributed by atoms with van der Waals surface area (Å²) < 4.78 is 18.9. The average molecular weight is 397 g/mol. The second kappa shape index (κ2) is 7.64. The molecule has 0 saturated carbocycles. The minimum atomic E-state index is -0.257. The van der Waals surface area contributed by atoms with Gasteiger partial charge in [0.15, 0.2) is 0 Å². The molecule has 0 spiro atoms. The Morgan fingerprint density at radius 3 is 2.47 bits per heavy atom. The van der Waals surface area contributed by atoms with Crippen LogP contribution in [-0.4, -0.2) is 5.91 Å². The summed E-state index contributed by atoms with van der Waals surface area (Å²) in [5, 5.41) is 5.34. The number of anilines is 1. The molecule has 1 atom stereocenters. The fraction of sp³-hybridized carbons (Fsp3) is 0.115. The van der Waals surface area contributed by atoms with Gasteiger partial charge >= 0.3 is 0 Å². The smallest absolute Gasteiger partial charge is 0.225 e. The second-order valence-electron chi connectivity index (χ2n) is 7.54. The Labute approximate surface area is 174 Å². The molecule has 4 aromatic rings. The van der Waals surface area contributed by atoms with Crippen LogP contribution in [0.4, 0.5) is 10.1 Å². The molecule has 1 N–H and O–H groups in total. The fourth-order valence-corrected chi connectivity index (χ4v) is 4.10. The van der Waals surface area contributed by atoms with Crippen molar-refractivity contribution in [3.63, 3.8) is 0 Å². The van der Waals surface area contributed by atoms with Crippen LogP contribution < -0.4 is 10.1 Å². The normalized spacial score (nSPS) is 15.5. The number of hydrogen-bond donors (Lipinski definition) is 1. The third kappa shape index (κ3) is 3.52. The van der Waals surface area contributed by atoms with Crippen LogP contribution in [0.3, 0.4) is 0 Å². The Kier molecular flexibility index (Phi) is 4.68. The monoisotopic (exact) mass is 397 g/mol. The van der Waals surface area contributed by atoms with Crippen molar-refractivity contribution in [1.82, 2.24) is 0 Å². The van der Waals surface area contributed by atoms with E-state index in [4.69, 9.17) is 4.74 Å². The average Bonchev–Trinajstić information content (AvgIpc) is 2.78. The van der Waals surface area contributed by atoms with Crippen molar-refractivity contribution in [2.24, 2.45) is 0 Å². The summed E-state index contributed by atoms with van der Waals surface area (Å²) in [6.07, 6.45) is 0.413. The van der Waals surface area contributed by atoms with Gasteiger partial charge in [0.1, 0.15) is 18.2 Å². The van der Waals surface area contributed by atoms with Crippen molar-refractivity contribution in [3.05, 3.63) is 107 Å². The molecule has 0 saturated heterocycles. The molecular weight excluding hydrogens is 377 g/mol. The maximum atomic E-state index is 13.0. The van der Waals surface area contributed by atoms with Crippen molar-refractivity contribution in [2.45, 2.75) is 18.9 Å². The highest BCUT2D eigenvalue weighted by Crippen LogP contribution is 2.41. The summed E-state index contributed by atoms with van der Waals surface area (Å²) >= 11 is 0. The third-order valence-corrected chi connectivity index (χ3v) is 5.58. The van der Waals surface area contributed by atoms with E-state index < -0.39 is 0 Å². The number of carbonyl (C=O) groups is 1. The molecule has 3 nitrogen and oxygen atoms in total. The first-order chi connectivity index (χ1) is 14.7. The number of halogens is 1. The summed E-state index contributed by atoms with van der Waals surface area (Å²) in [6.45, 7) is 0.374. The Hall–Kier alpha value is -3.66. The van der Waals surface area contributed by atoms with E-state index in [0.29, 0.717) is 13.0 Å². The molecule has 1 aliphatic rings. The molecule has 4 aromatic carbocycles. The molecular formula is C26H20FNO2. The number of fused-ring (bicyclic) bond motifs is 3. The molecule has 1 heterocycles. The molecule has 0 aromatic heterocycles. The number of amides is 1. The second-order valence-corrected chi connectivity index (χ2v) is 7.54. The van der Waals surface area contributed by atoms with Crippen molar-refractivity contribution >= 4 is 22.4 Å². The van der Waals surface area contributed by atoms with Gasteiger partial charge in [-0.3, -0.25) is 4.79 Å². The predicted octanol–water partition coefficient (Wildman–Crippen LogP) is 6.03. The molecule has 5 rings (SSSR count). The molecule has 1 unspecified atom stereocenters. The zero-order chi connectivity index (χ0) is 20.5. The van der Waals surface area contributed by atoms with E-state index in [9.17, 15) is 9.18 Å². The number of rotatable bonds is 4. The summed E-state index contributed by atoms with van der Waals surface area (Å²) in [4.78, 5) is 12.3. The minimum absolute atomic E-state index is 0.00833. The van der Waals surface area contributed by atoms with Crippen molar-refractivity contribution in [3.8, 4) is 5.75 Å². The minimum Gasteiger partial charge on any atom is -0.489 e. The van der Waals surface area contributed by atoms with Crippen LogP contribution in [0, 0.1) is 5.82 Å². The zero-order valence-electron chi connectivity index (χ0n) is 16.3. The van der Waals surface area contributed by atoms with E-state index in [1.54, 1.807) is 12.1 Å². The zero-order valence-corrected chi connectivity index (χ0v) is 16.3. The lowest BCUT2D eigenvalue weighted by Crippen LogP contribution is -2.23. The largest absolute Gasteiger partial charge is 0.489 e. The predicted molar refractivity (Wildman–Crippen MR) is 116 cm³/mol. The molecule has 0 radical (unpaired) electrons. The van der Waals surface area contributed by atoms with Crippen LogP contribution in [0.2, 0.25) is 0 Å². The van der Waals surface area contributed by atoms with Crippen molar-refractivity contribution < 1.29 is 13.9 Å². The highest BCUT2D eigenvalue weighted by Gasteiger charge is 2.28. The van der Waals surface area contributed by atoms with Crippen molar-refractivity contribution in [1.29, 1.82) is 0 Å². The number of hydrogen-bond acceptors (Lipinski definition) is 2. The van der Waals surface area contributed by atoms with E-state index in [0.717, 1.165) is 38.9 Å². The van der Waals surface area contributed by atoms with Gasteiger partial charge < -0.3 is 10.1 Å². The number of carbonyl (C=O) groups excluding carboxylic acids is 1. The van der Waals surface area contributed by atoms with Gasteiger partial charge in [0, 0.05) is 18.0 Å². The molecule has 4 heteroatoms. The van der Waals surface area contributed by atoms with Gasteiger partial charge in [-0.2, -0.15) is 0 Å². The Balaban J connectivity index is 1.43. The molecule has 0 aliphatic carbocycles. The topological polar surface area (TPSA) is 38.3 Å². The molecule has 30 heavy (non-hydrogen) atoms. The van der Waals surface area contributed by atoms with Gasteiger partial charge in [0.2, 0.25) is 5.91 Å².